The van der Waals surface area contributed by atoms with Crippen molar-refractivity contribution >= 4 is 22.6 Å². The molecular weight excluding hydrogens is 340 g/mol. The number of aryl methyl sites for hydroxylation is 1. The Morgan fingerprint density at radius 2 is 1.93 bits per heavy atom. The van der Waals surface area contributed by atoms with Gasteiger partial charge in [-0.1, -0.05) is 12.1 Å². The number of piperazine rings is 1. The summed E-state index contributed by atoms with van der Waals surface area (Å²) in [4.78, 5) is 17.1. The molecule has 27 heavy (non-hydrogen) atoms. The minimum absolute atomic E-state index is 0.150. The van der Waals surface area contributed by atoms with Crippen molar-refractivity contribution in [1.29, 1.82) is 0 Å². The number of benzene rings is 2. The van der Waals surface area contributed by atoms with E-state index < -0.39 is 0 Å². The number of hydrogen-bond donors (Lipinski definition) is 0. The van der Waals surface area contributed by atoms with Crippen LogP contribution in [0.2, 0.25) is 0 Å². The summed E-state index contributed by atoms with van der Waals surface area (Å²) in [6.45, 7) is 5.32. The molecule has 0 saturated carbocycles. The summed E-state index contributed by atoms with van der Waals surface area (Å²) in [5.74, 6) is 0.902. The lowest BCUT2D eigenvalue weighted by molar-refractivity contribution is -0.130. The van der Waals surface area contributed by atoms with Crippen molar-refractivity contribution in [2.45, 2.75) is 13.3 Å². The molecule has 0 spiro atoms. The van der Waals surface area contributed by atoms with Gasteiger partial charge in [0, 0.05) is 48.9 Å². The number of rotatable bonds is 4. The zero-order chi connectivity index (χ0) is 18.8. The molecule has 2 aromatic carbocycles. The highest BCUT2D eigenvalue weighted by Gasteiger charge is 2.22. The summed E-state index contributed by atoms with van der Waals surface area (Å²) in [6, 6.07) is 14.2. The highest BCUT2D eigenvalue weighted by molar-refractivity contribution is 5.88. The SMILES string of the molecule is COc1ccc2c(CC(=O)N3CCN(c4cccc(C)c4)CC3)coc2c1. The zero-order valence-corrected chi connectivity index (χ0v) is 15.8. The summed E-state index contributed by atoms with van der Waals surface area (Å²) < 4.78 is 10.8. The number of fused-ring (bicyclic) bond motifs is 1. The number of carbonyl (C=O) groups is 1. The molecule has 0 atom stereocenters. The van der Waals surface area contributed by atoms with Gasteiger partial charge in [-0.25, -0.2) is 0 Å². The quantitative estimate of drug-likeness (QED) is 0.709. The zero-order valence-electron chi connectivity index (χ0n) is 15.8. The molecule has 4 rings (SSSR count). The molecule has 1 aliphatic heterocycles. The van der Waals surface area contributed by atoms with Crippen molar-refractivity contribution in [1.82, 2.24) is 4.90 Å². The fraction of sp³-hybridized carbons (Fsp3) is 0.318. The van der Waals surface area contributed by atoms with E-state index in [1.54, 1.807) is 13.4 Å². The molecule has 3 aromatic rings. The highest BCUT2D eigenvalue weighted by atomic mass is 16.5. The van der Waals surface area contributed by atoms with E-state index >= 15 is 0 Å². The Bertz CT molecular complexity index is 955. The molecular formula is C22H24N2O3. The third kappa shape index (κ3) is 3.63. The van der Waals surface area contributed by atoms with E-state index in [1.807, 2.05) is 23.1 Å². The molecule has 0 bridgehead atoms. The summed E-state index contributed by atoms with van der Waals surface area (Å²) in [6.07, 6.45) is 2.05. The van der Waals surface area contributed by atoms with Crippen LogP contribution in [0.3, 0.4) is 0 Å². The van der Waals surface area contributed by atoms with Crippen molar-refractivity contribution in [3.63, 3.8) is 0 Å². The molecule has 2 heterocycles. The van der Waals surface area contributed by atoms with Gasteiger partial charge in [-0.05, 0) is 36.8 Å². The average Bonchev–Trinajstić information content (AvgIpc) is 3.10. The highest BCUT2D eigenvalue weighted by Crippen LogP contribution is 2.26. The van der Waals surface area contributed by atoms with Crippen LogP contribution >= 0.6 is 0 Å². The average molecular weight is 364 g/mol. The van der Waals surface area contributed by atoms with Crippen LogP contribution in [0.25, 0.3) is 11.0 Å². The van der Waals surface area contributed by atoms with Crippen LogP contribution in [0.5, 0.6) is 5.75 Å². The van der Waals surface area contributed by atoms with Gasteiger partial charge in [0.1, 0.15) is 11.3 Å². The lowest BCUT2D eigenvalue weighted by Crippen LogP contribution is -2.49. The van der Waals surface area contributed by atoms with Crippen LogP contribution in [-0.4, -0.2) is 44.1 Å². The topological polar surface area (TPSA) is 45.9 Å². The van der Waals surface area contributed by atoms with E-state index in [-0.39, 0.29) is 5.91 Å². The number of amides is 1. The number of carbonyl (C=O) groups excluding carboxylic acids is 1. The first-order valence-electron chi connectivity index (χ1n) is 9.27. The number of methoxy groups -OCH3 is 1. The van der Waals surface area contributed by atoms with Crippen molar-refractivity contribution in [3.05, 3.63) is 59.9 Å². The van der Waals surface area contributed by atoms with Crippen LogP contribution in [0.4, 0.5) is 5.69 Å². The van der Waals surface area contributed by atoms with E-state index in [9.17, 15) is 4.79 Å². The van der Waals surface area contributed by atoms with E-state index in [1.165, 1.54) is 11.3 Å². The van der Waals surface area contributed by atoms with E-state index in [4.69, 9.17) is 9.15 Å². The third-order valence-corrected chi connectivity index (χ3v) is 5.20. The van der Waals surface area contributed by atoms with Crippen LogP contribution in [0.15, 0.2) is 53.1 Å². The maximum Gasteiger partial charge on any atom is 0.227 e. The van der Waals surface area contributed by atoms with Gasteiger partial charge in [0.05, 0.1) is 19.8 Å². The molecule has 0 aliphatic carbocycles. The van der Waals surface area contributed by atoms with Crippen molar-refractivity contribution in [2.75, 3.05) is 38.2 Å². The molecule has 1 saturated heterocycles. The Balaban J connectivity index is 1.40. The molecule has 0 unspecified atom stereocenters. The van der Waals surface area contributed by atoms with Gasteiger partial charge in [-0.2, -0.15) is 0 Å². The van der Waals surface area contributed by atoms with Crippen LogP contribution in [0.1, 0.15) is 11.1 Å². The first-order chi connectivity index (χ1) is 13.1. The number of furan rings is 1. The van der Waals surface area contributed by atoms with Gasteiger partial charge in [0.25, 0.3) is 0 Å². The van der Waals surface area contributed by atoms with Gasteiger partial charge < -0.3 is 19.0 Å². The summed E-state index contributed by atoms with van der Waals surface area (Å²) in [7, 11) is 1.63. The smallest absolute Gasteiger partial charge is 0.227 e. The Kier molecular flexibility index (Phi) is 4.75. The first-order valence-corrected chi connectivity index (χ1v) is 9.27. The second kappa shape index (κ2) is 7.35. The largest absolute Gasteiger partial charge is 0.497 e. The van der Waals surface area contributed by atoms with Crippen molar-refractivity contribution in [3.8, 4) is 5.75 Å². The number of anilines is 1. The lowest BCUT2D eigenvalue weighted by Gasteiger charge is -2.36. The molecule has 1 aromatic heterocycles. The van der Waals surface area contributed by atoms with Crippen LogP contribution in [-0.2, 0) is 11.2 Å². The summed E-state index contributed by atoms with van der Waals surface area (Å²) in [5.41, 5.74) is 4.17. The Morgan fingerprint density at radius 1 is 1.11 bits per heavy atom. The molecule has 5 heteroatoms. The first kappa shape index (κ1) is 17.5. The number of nitrogens with zero attached hydrogens (tertiary/aromatic N) is 2. The van der Waals surface area contributed by atoms with E-state index in [0.29, 0.717) is 6.42 Å². The van der Waals surface area contributed by atoms with Crippen LogP contribution < -0.4 is 9.64 Å². The van der Waals surface area contributed by atoms with Crippen molar-refractivity contribution < 1.29 is 13.9 Å². The van der Waals surface area contributed by atoms with Gasteiger partial charge in [0.15, 0.2) is 0 Å². The predicted octanol–water partition coefficient (Wildman–Crippen LogP) is 3.64. The fourth-order valence-corrected chi connectivity index (χ4v) is 3.64. The Hall–Kier alpha value is -2.95. The molecule has 1 aliphatic rings. The monoisotopic (exact) mass is 364 g/mol. The summed E-state index contributed by atoms with van der Waals surface area (Å²) >= 11 is 0. The van der Waals surface area contributed by atoms with Gasteiger partial charge in [-0.15, -0.1) is 0 Å². The Morgan fingerprint density at radius 3 is 2.67 bits per heavy atom. The molecule has 140 valence electrons. The number of hydrogen-bond acceptors (Lipinski definition) is 4. The fourth-order valence-electron chi connectivity index (χ4n) is 3.64. The standard InChI is InChI=1S/C22H24N2O3/c1-16-4-3-5-18(12-16)23-8-10-24(11-9-23)22(25)13-17-15-27-21-14-19(26-2)6-7-20(17)21/h3-7,12,14-15H,8-11,13H2,1-2H3. The normalized spacial score (nSPS) is 14.6. The van der Waals surface area contributed by atoms with E-state index in [0.717, 1.165) is 48.5 Å². The lowest BCUT2D eigenvalue weighted by atomic mass is 10.1. The maximum atomic E-state index is 12.8. The number of ether oxygens (including phenoxy) is 1. The predicted molar refractivity (Wildman–Crippen MR) is 106 cm³/mol. The molecule has 1 amide bonds. The second-order valence-electron chi connectivity index (χ2n) is 7.01. The summed E-state index contributed by atoms with van der Waals surface area (Å²) in [5, 5.41) is 0.975. The minimum atomic E-state index is 0.150. The Labute approximate surface area is 159 Å². The minimum Gasteiger partial charge on any atom is -0.497 e. The molecule has 1 fully saturated rings. The van der Waals surface area contributed by atoms with E-state index in [2.05, 4.69) is 36.1 Å². The second-order valence-corrected chi connectivity index (χ2v) is 7.01. The third-order valence-electron chi connectivity index (χ3n) is 5.20. The van der Waals surface area contributed by atoms with Gasteiger partial charge >= 0.3 is 0 Å². The molecule has 0 radical (unpaired) electrons. The van der Waals surface area contributed by atoms with Crippen molar-refractivity contribution in [2.24, 2.45) is 0 Å². The molecule has 0 N–H and O–H groups in total. The van der Waals surface area contributed by atoms with Gasteiger partial charge in [-0.3, -0.25) is 4.79 Å². The maximum absolute atomic E-state index is 12.8. The van der Waals surface area contributed by atoms with Gasteiger partial charge in [0.2, 0.25) is 5.91 Å². The molecule has 5 nitrogen and oxygen atoms in total. The van der Waals surface area contributed by atoms with Crippen LogP contribution in [0, 0.1) is 6.92 Å².